The molecule has 19 heavy (non-hydrogen) atoms. The highest BCUT2D eigenvalue weighted by atomic mass is 16.5. The van der Waals surface area contributed by atoms with Gasteiger partial charge in [-0.25, -0.2) is 0 Å². The van der Waals surface area contributed by atoms with Crippen LogP contribution < -0.4 is 10.1 Å². The molecule has 1 aromatic rings. The van der Waals surface area contributed by atoms with E-state index >= 15 is 0 Å². The van der Waals surface area contributed by atoms with Gasteiger partial charge in [0.2, 0.25) is 0 Å². The van der Waals surface area contributed by atoms with Crippen LogP contribution >= 0.6 is 0 Å². The number of rotatable bonds is 5. The molecular weight excluding hydrogens is 236 g/mol. The standard InChI is InChI=1S/C16H22N2O/c1-11(2)13-8-14(12(3)7-15(13)19-4)18-10-16(9-17)5-6-16/h7-8,11,18H,5-6,10H2,1-4H3. The average molecular weight is 258 g/mol. The molecular formula is C16H22N2O. The molecule has 0 unspecified atom stereocenters. The summed E-state index contributed by atoms with van der Waals surface area (Å²) in [6.07, 6.45) is 2.03. The van der Waals surface area contributed by atoms with Gasteiger partial charge in [-0.05, 0) is 48.9 Å². The summed E-state index contributed by atoms with van der Waals surface area (Å²) < 4.78 is 5.44. The lowest BCUT2D eigenvalue weighted by Gasteiger charge is -2.18. The first-order chi connectivity index (χ1) is 9.01. The molecule has 2 rings (SSSR count). The Balaban J connectivity index is 2.21. The van der Waals surface area contributed by atoms with Crippen LogP contribution in [0.3, 0.4) is 0 Å². The molecule has 0 heterocycles. The second-order valence-corrected chi connectivity index (χ2v) is 5.81. The van der Waals surface area contributed by atoms with E-state index in [9.17, 15) is 0 Å². The summed E-state index contributed by atoms with van der Waals surface area (Å²) in [4.78, 5) is 0. The van der Waals surface area contributed by atoms with E-state index in [-0.39, 0.29) is 5.41 Å². The first-order valence-electron chi connectivity index (χ1n) is 6.85. The largest absolute Gasteiger partial charge is 0.496 e. The van der Waals surface area contributed by atoms with Gasteiger partial charge in [0.25, 0.3) is 0 Å². The molecule has 1 aromatic carbocycles. The van der Waals surface area contributed by atoms with Crippen molar-refractivity contribution in [2.24, 2.45) is 5.41 Å². The van der Waals surface area contributed by atoms with Crippen molar-refractivity contribution in [2.75, 3.05) is 19.0 Å². The molecule has 1 aliphatic carbocycles. The molecule has 0 aromatic heterocycles. The van der Waals surface area contributed by atoms with E-state index in [0.717, 1.165) is 36.4 Å². The summed E-state index contributed by atoms with van der Waals surface area (Å²) in [6, 6.07) is 6.65. The van der Waals surface area contributed by atoms with Crippen molar-refractivity contribution in [3.05, 3.63) is 23.3 Å². The Kier molecular flexibility index (Phi) is 3.71. The van der Waals surface area contributed by atoms with Crippen LogP contribution in [0.4, 0.5) is 5.69 Å². The third kappa shape index (κ3) is 2.84. The number of ether oxygens (including phenoxy) is 1. The number of nitriles is 1. The molecule has 3 nitrogen and oxygen atoms in total. The molecule has 3 heteroatoms. The smallest absolute Gasteiger partial charge is 0.122 e. The third-order valence-electron chi connectivity index (χ3n) is 3.91. The minimum atomic E-state index is -0.121. The molecule has 0 radical (unpaired) electrons. The van der Waals surface area contributed by atoms with Crippen LogP contribution in [0.5, 0.6) is 5.75 Å². The third-order valence-corrected chi connectivity index (χ3v) is 3.91. The minimum absolute atomic E-state index is 0.121. The molecule has 1 N–H and O–H groups in total. The van der Waals surface area contributed by atoms with E-state index in [1.165, 1.54) is 5.56 Å². The maximum Gasteiger partial charge on any atom is 0.122 e. The molecule has 0 spiro atoms. The van der Waals surface area contributed by atoms with Gasteiger partial charge in [0.05, 0.1) is 18.6 Å². The van der Waals surface area contributed by atoms with Gasteiger partial charge in [-0.2, -0.15) is 5.26 Å². The van der Waals surface area contributed by atoms with E-state index < -0.39 is 0 Å². The summed E-state index contributed by atoms with van der Waals surface area (Å²) in [7, 11) is 1.71. The summed E-state index contributed by atoms with van der Waals surface area (Å²) in [5.41, 5.74) is 3.36. The number of hydrogen-bond acceptors (Lipinski definition) is 3. The first kappa shape index (κ1) is 13.7. The number of aryl methyl sites for hydroxylation is 1. The lowest BCUT2D eigenvalue weighted by Crippen LogP contribution is -2.14. The molecule has 0 saturated heterocycles. The number of anilines is 1. The van der Waals surface area contributed by atoms with Gasteiger partial charge >= 0.3 is 0 Å². The number of benzene rings is 1. The molecule has 0 bridgehead atoms. The lowest BCUT2D eigenvalue weighted by atomic mass is 9.98. The van der Waals surface area contributed by atoms with Crippen LogP contribution in [0, 0.1) is 23.7 Å². The monoisotopic (exact) mass is 258 g/mol. The number of methoxy groups -OCH3 is 1. The van der Waals surface area contributed by atoms with Crippen LogP contribution in [0.1, 0.15) is 43.7 Å². The van der Waals surface area contributed by atoms with E-state index in [4.69, 9.17) is 10.00 Å². The predicted octanol–water partition coefficient (Wildman–Crippen LogP) is 3.84. The summed E-state index contributed by atoms with van der Waals surface area (Å²) in [5.74, 6) is 1.36. The highest BCUT2D eigenvalue weighted by Crippen LogP contribution is 2.45. The van der Waals surface area contributed by atoms with Crippen LogP contribution in [-0.2, 0) is 0 Å². The van der Waals surface area contributed by atoms with E-state index in [0.29, 0.717) is 5.92 Å². The Morgan fingerprint density at radius 2 is 2.11 bits per heavy atom. The van der Waals surface area contributed by atoms with Crippen LogP contribution in [0.15, 0.2) is 12.1 Å². The number of nitrogens with zero attached hydrogens (tertiary/aromatic N) is 1. The van der Waals surface area contributed by atoms with Crippen molar-refractivity contribution in [3.63, 3.8) is 0 Å². The average Bonchev–Trinajstić information content (AvgIpc) is 3.17. The zero-order valence-electron chi connectivity index (χ0n) is 12.2. The van der Waals surface area contributed by atoms with Gasteiger partial charge in [-0.3, -0.25) is 0 Å². The van der Waals surface area contributed by atoms with Crippen molar-refractivity contribution in [2.45, 2.75) is 39.5 Å². The van der Waals surface area contributed by atoms with Crippen LogP contribution in [-0.4, -0.2) is 13.7 Å². The van der Waals surface area contributed by atoms with Crippen LogP contribution in [0.25, 0.3) is 0 Å². The zero-order valence-corrected chi connectivity index (χ0v) is 12.2. The van der Waals surface area contributed by atoms with Crippen molar-refractivity contribution >= 4 is 5.69 Å². The Labute approximate surface area is 115 Å². The topological polar surface area (TPSA) is 45.0 Å². The fraction of sp³-hybridized carbons (Fsp3) is 0.562. The van der Waals surface area contributed by atoms with E-state index in [2.05, 4.69) is 44.3 Å². The fourth-order valence-electron chi connectivity index (χ4n) is 2.26. The van der Waals surface area contributed by atoms with Crippen molar-refractivity contribution in [1.29, 1.82) is 5.26 Å². The molecule has 1 fully saturated rings. The normalized spacial score (nSPS) is 16.0. The predicted molar refractivity (Wildman–Crippen MR) is 77.6 cm³/mol. The van der Waals surface area contributed by atoms with Gasteiger partial charge in [0.1, 0.15) is 5.75 Å². The Morgan fingerprint density at radius 3 is 2.58 bits per heavy atom. The maximum absolute atomic E-state index is 9.12. The number of hydrogen-bond donors (Lipinski definition) is 1. The van der Waals surface area contributed by atoms with Gasteiger partial charge in [0.15, 0.2) is 0 Å². The summed E-state index contributed by atoms with van der Waals surface area (Å²) in [6.45, 7) is 7.14. The molecule has 1 saturated carbocycles. The summed E-state index contributed by atoms with van der Waals surface area (Å²) in [5, 5.41) is 12.6. The highest BCUT2D eigenvalue weighted by Gasteiger charge is 2.42. The second kappa shape index (κ2) is 5.13. The van der Waals surface area contributed by atoms with Gasteiger partial charge in [-0.15, -0.1) is 0 Å². The molecule has 0 amide bonds. The first-order valence-corrected chi connectivity index (χ1v) is 6.85. The molecule has 0 atom stereocenters. The van der Waals surface area contributed by atoms with Gasteiger partial charge < -0.3 is 10.1 Å². The van der Waals surface area contributed by atoms with Crippen molar-refractivity contribution < 1.29 is 4.74 Å². The quantitative estimate of drug-likeness (QED) is 0.872. The zero-order chi connectivity index (χ0) is 14.0. The van der Waals surface area contributed by atoms with Crippen LogP contribution in [0.2, 0.25) is 0 Å². The minimum Gasteiger partial charge on any atom is -0.496 e. The molecule has 102 valence electrons. The highest BCUT2D eigenvalue weighted by molar-refractivity contribution is 5.58. The van der Waals surface area contributed by atoms with Crippen molar-refractivity contribution in [1.82, 2.24) is 0 Å². The summed E-state index contributed by atoms with van der Waals surface area (Å²) >= 11 is 0. The SMILES string of the molecule is COc1cc(C)c(NCC2(C#N)CC2)cc1C(C)C. The molecule has 0 aliphatic heterocycles. The molecule has 1 aliphatic rings. The second-order valence-electron chi connectivity index (χ2n) is 5.81. The van der Waals surface area contributed by atoms with E-state index in [1.54, 1.807) is 7.11 Å². The Morgan fingerprint density at radius 1 is 1.42 bits per heavy atom. The van der Waals surface area contributed by atoms with Gasteiger partial charge in [0, 0.05) is 12.2 Å². The Hall–Kier alpha value is -1.69. The van der Waals surface area contributed by atoms with Gasteiger partial charge in [-0.1, -0.05) is 13.8 Å². The maximum atomic E-state index is 9.12. The fourth-order valence-corrected chi connectivity index (χ4v) is 2.26. The van der Waals surface area contributed by atoms with E-state index in [1.807, 2.05) is 0 Å². The lowest BCUT2D eigenvalue weighted by molar-refractivity contribution is 0.407. The Bertz CT molecular complexity index is 510. The van der Waals surface area contributed by atoms with Crippen molar-refractivity contribution in [3.8, 4) is 11.8 Å². The number of nitrogens with one attached hydrogen (secondary N) is 1.